The van der Waals surface area contributed by atoms with E-state index in [1.54, 1.807) is 60.7 Å². The zero-order chi connectivity index (χ0) is 20.4. The van der Waals surface area contributed by atoms with Gasteiger partial charge in [0.05, 0.1) is 11.4 Å². The Morgan fingerprint density at radius 3 is 2.38 bits per heavy atom. The number of aromatic nitrogens is 1. The molecule has 2 amide bonds. The molecule has 6 nitrogen and oxygen atoms in total. The summed E-state index contributed by atoms with van der Waals surface area (Å²) in [6.07, 6.45) is 0. The average Bonchev–Trinajstić information content (AvgIpc) is 3.13. The van der Waals surface area contributed by atoms with Gasteiger partial charge in [-0.2, -0.15) is 0 Å². The van der Waals surface area contributed by atoms with Gasteiger partial charge in [-0.15, -0.1) is 0 Å². The van der Waals surface area contributed by atoms with Crippen LogP contribution in [0.2, 0.25) is 0 Å². The van der Waals surface area contributed by atoms with Crippen LogP contribution in [0, 0.1) is 5.82 Å². The Morgan fingerprint density at radius 2 is 1.62 bits per heavy atom. The highest BCUT2D eigenvalue weighted by Gasteiger charge is 2.12. The van der Waals surface area contributed by atoms with Gasteiger partial charge in [0, 0.05) is 22.2 Å². The molecule has 1 heterocycles. The number of aromatic amines is 1. The molecule has 0 fully saturated rings. The van der Waals surface area contributed by atoms with Crippen LogP contribution in [0.25, 0.3) is 10.9 Å². The first kappa shape index (κ1) is 18.2. The van der Waals surface area contributed by atoms with E-state index in [0.29, 0.717) is 39.2 Å². The van der Waals surface area contributed by atoms with E-state index in [2.05, 4.69) is 15.6 Å². The van der Waals surface area contributed by atoms with Crippen molar-refractivity contribution in [2.45, 2.75) is 0 Å². The molecule has 0 bridgehead atoms. The van der Waals surface area contributed by atoms with Crippen molar-refractivity contribution in [3.8, 4) is 0 Å². The summed E-state index contributed by atoms with van der Waals surface area (Å²) < 4.78 is 13.3. The van der Waals surface area contributed by atoms with Crippen LogP contribution < -0.4 is 16.4 Å². The number of hydrogen-bond donors (Lipinski definition) is 4. The van der Waals surface area contributed by atoms with Gasteiger partial charge >= 0.3 is 0 Å². The van der Waals surface area contributed by atoms with Crippen LogP contribution in [0.5, 0.6) is 0 Å². The fourth-order valence-corrected chi connectivity index (χ4v) is 2.93. The van der Waals surface area contributed by atoms with Crippen LogP contribution in [-0.2, 0) is 0 Å². The van der Waals surface area contributed by atoms with E-state index in [-0.39, 0.29) is 17.6 Å². The van der Waals surface area contributed by atoms with Crippen LogP contribution in [-0.4, -0.2) is 16.8 Å². The fraction of sp³-hybridized carbons (Fsp3) is 0. The van der Waals surface area contributed by atoms with Crippen LogP contribution in [0.4, 0.5) is 21.5 Å². The zero-order valence-corrected chi connectivity index (χ0v) is 15.2. The predicted octanol–water partition coefficient (Wildman–Crippen LogP) is 4.39. The van der Waals surface area contributed by atoms with E-state index in [1.165, 1.54) is 12.1 Å². The number of nitrogens with two attached hydrogens (primary N) is 1. The van der Waals surface area contributed by atoms with Gasteiger partial charge in [0.25, 0.3) is 11.8 Å². The van der Waals surface area contributed by atoms with E-state index in [4.69, 9.17) is 5.73 Å². The molecule has 29 heavy (non-hydrogen) atoms. The van der Waals surface area contributed by atoms with Crippen molar-refractivity contribution < 1.29 is 14.0 Å². The van der Waals surface area contributed by atoms with Crippen molar-refractivity contribution in [2.24, 2.45) is 0 Å². The number of carbonyl (C=O) groups excluding carboxylic acids is 2. The number of nitrogen functional groups attached to an aromatic ring is 1. The molecule has 0 saturated heterocycles. The Hall–Kier alpha value is -4.13. The third kappa shape index (κ3) is 3.93. The second kappa shape index (κ2) is 7.47. The van der Waals surface area contributed by atoms with Gasteiger partial charge in [-0.1, -0.05) is 12.1 Å². The molecule has 0 aliphatic rings. The lowest BCUT2D eigenvalue weighted by Gasteiger charge is -2.09. The van der Waals surface area contributed by atoms with Crippen molar-refractivity contribution in [3.63, 3.8) is 0 Å². The first-order chi connectivity index (χ1) is 14.0. The highest BCUT2D eigenvalue weighted by atomic mass is 19.1. The third-order valence-corrected chi connectivity index (χ3v) is 4.44. The molecule has 7 heteroatoms. The Balaban J connectivity index is 1.45. The van der Waals surface area contributed by atoms with E-state index in [0.717, 1.165) is 0 Å². The standard InChI is InChI=1S/C22H17FN4O2/c23-15-7-10-18-14(11-15)12-20(26-18)22(29)25-16-8-5-13(6-9-16)21(28)27-19-4-2-1-3-17(19)24/h1-12,26H,24H2,(H,25,29)(H,27,28). The predicted molar refractivity (Wildman–Crippen MR) is 111 cm³/mol. The number of hydrogen-bond acceptors (Lipinski definition) is 3. The van der Waals surface area contributed by atoms with E-state index in [1.807, 2.05) is 0 Å². The van der Waals surface area contributed by atoms with Gasteiger partial charge in [-0.25, -0.2) is 4.39 Å². The van der Waals surface area contributed by atoms with Crippen LogP contribution >= 0.6 is 0 Å². The van der Waals surface area contributed by atoms with Gasteiger partial charge < -0.3 is 21.4 Å². The second-order valence-electron chi connectivity index (χ2n) is 6.49. The number of H-pyrrole nitrogens is 1. The third-order valence-electron chi connectivity index (χ3n) is 4.44. The van der Waals surface area contributed by atoms with Crippen LogP contribution in [0.3, 0.4) is 0 Å². The molecule has 0 radical (unpaired) electrons. The molecular formula is C22H17FN4O2. The summed E-state index contributed by atoms with van der Waals surface area (Å²) in [7, 11) is 0. The SMILES string of the molecule is Nc1ccccc1NC(=O)c1ccc(NC(=O)c2cc3cc(F)ccc3[nH]2)cc1. The fourth-order valence-electron chi connectivity index (χ4n) is 2.93. The number of carbonyl (C=O) groups is 2. The minimum Gasteiger partial charge on any atom is -0.397 e. The van der Waals surface area contributed by atoms with Gasteiger partial charge in [0.2, 0.25) is 0 Å². The summed E-state index contributed by atoms with van der Waals surface area (Å²) in [5.41, 5.74) is 8.77. The van der Waals surface area contributed by atoms with Crippen molar-refractivity contribution in [1.82, 2.24) is 4.98 Å². The zero-order valence-electron chi connectivity index (χ0n) is 15.2. The summed E-state index contributed by atoms with van der Waals surface area (Å²) in [6.45, 7) is 0. The summed E-state index contributed by atoms with van der Waals surface area (Å²) in [5, 5.41) is 6.10. The Bertz CT molecular complexity index is 1220. The topological polar surface area (TPSA) is 100 Å². The van der Waals surface area contributed by atoms with Crippen LogP contribution in [0.15, 0.2) is 72.8 Å². The lowest BCUT2D eigenvalue weighted by molar-refractivity contribution is 0.101. The highest BCUT2D eigenvalue weighted by Crippen LogP contribution is 2.20. The normalized spacial score (nSPS) is 10.7. The van der Waals surface area contributed by atoms with Gasteiger partial charge in [-0.05, 0) is 60.7 Å². The number of anilines is 3. The largest absolute Gasteiger partial charge is 0.397 e. The number of para-hydroxylation sites is 2. The van der Waals surface area contributed by atoms with E-state index >= 15 is 0 Å². The minimum atomic E-state index is -0.366. The smallest absolute Gasteiger partial charge is 0.272 e. The maximum absolute atomic E-state index is 13.3. The lowest BCUT2D eigenvalue weighted by atomic mass is 10.1. The molecule has 0 aliphatic heterocycles. The summed E-state index contributed by atoms with van der Waals surface area (Å²) in [5.74, 6) is -1.04. The molecule has 4 aromatic rings. The van der Waals surface area contributed by atoms with Gasteiger partial charge in [-0.3, -0.25) is 9.59 Å². The van der Waals surface area contributed by atoms with Crippen molar-refractivity contribution >= 4 is 39.8 Å². The molecule has 0 spiro atoms. The van der Waals surface area contributed by atoms with Crippen molar-refractivity contribution in [2.75, 3.05) is 16.4 Å². The average molecular weight is 388 g/mol. The van der Waals surface area contributed by atoms with Crippen molar-refractivity contribution in [1.29, 1.82) is 0 Å². The monoisotopic (exact) mass is 388 g/mol. The Kier molecular flexibility index (Phi) is 4.70. The Morgan fingerprint density at radius 1 is 0.862 bits per heavy atom. The second-order valence-corrected chi connectivity index (χ2v) is 6.49. The molecule has 3 aromatic carbocycles. The molecule has 0 unspecified atom stereocenters. The minimum absolute atomic E-state index is 0.307. The van der Waals surface area contributed by atoms with E-state index < -0.39 is 0 Å². The molecule has 0 saturated carbocycles. The maximum Gasteiger partial charge on any atom is 0.272 e. The molecular weight excluding hydrogens is 371 g/mol. The van der Waals surface area contributed by atoms with Crippen molar-refractivity contribution in [3.05, 3.63) is 89.9 Å². The lowest BCUT2D eigenvalue weighted by Crippen LogP contribution is -2.14. The number of rotatable bonds is 4. The highest BCUT2D eigenvalue weighted by molar-refractivity contribution is 6.07. The number of benzene rings is 3. The maximum atomic E-state index is 13.3. The van der Waals surface area contributed by atoms with E-state index in [9.17, 15) is 14.0 Å². The summed E-state index contributed by atoms with van der Waals surface area (Å²) >= 11 is 0. The summed E-state index contributed by atoms with van der Waals surface area (Å²) in [4.78, 5) is 27.7. The first-order valence-corrected chi connectivity index (χ1v) is 8.85. The molecule has 4 rings (SSSR count). The van der Waals surface area contributed by atoms with Gasteiger partial charge in [0.1, 0.15) is 11.5 Å². The Labute approximate surface area is 165 Å². The molecule has 0 atom stereocenters. The molecule has 5 N–H and O–H groups in total. The van der Waals surface area contributed by atoms with Crippen LogP contribution in [0.1, 0.15) is 20.8 Å². The number of halogens is 1. The number of amides is 2. The number of nitrogens with one attached hydrogen (secondary N) is 3. The summed E-state index contributed by atoms with van der Waals surface area (Å²) in [6, 6.07) is 19.3. The molecule has 144 valence electrons. The quantitative estimate of drug-likeness (QED) is 0.390. The number of fused-ring (bicyclic) bond motifs is 1. The van der Waals surface area contributed by atoms with Gasteiger partial charge in [0.15, 0.2) is 0 Å². The molecule has 0 aliphatic carbocycles. The first-order valence-electron chi connectivity index (χ1n) is 8.85. The molecule has 1 aromatic heterocycles.